The molecular formula is C22H30N2O3. The van der Waals surface area contributed by atoms with E-state index >= 15 is 0 Å². The van der Waals surface area contributed by atoms with Gasteiger partial charge in [0.15, 0.2) is 11.5 Å². The summed E-state index contributed by atoms with van der Waals surface area (Å²) >= 11 is 0. The molecule has 1 amide bonds. The van der Waals surface area contributed by atoms with Gasteiger partial charge in [0.1, 0.15) is 0 Å². The Bertz CT molecular complexity index is 794. The second-order valence-corrected chi connectivity index (χ2v) is 7.04. The number of aryl methyl sites for hydroxylation is 3. The number of rotatable bonds is 7. The van der Waals surface area contributed by atoms with E-state index in [2.05, 4.69) is 24.4 Å². The van der Waals surface area contributed by atoms with Crippen LogP contribution in [0.2, 0.25) is 0 Å². The molecule has 2 aromatic rings. The predicted molar refractivity (Wildman–Crippen MR) is 110 cm³/mol. The fraction of sp³-hybridized carbons (Fsp3) is 0.409. The lowest BCUT2D eigenvalue weighted by molar-refractivity contribution is -0.120. The lowest BCUT2D eigenvalue weighted by Gasteiger charge is -2.25. The minimum Gasteiger partial charge on any atom is -0.493 e. The molecule has 2 aromatic carbocycles. The standard InChI is InChI=1S/C22H30N2O3/c1-14-10-15(2)21(16(3)11-14)23-22(25)17(4)24(5)13-18-8-9-19(26-6)20(12-18)27-7/h8-12,17H,13H2,1-7H3,(H,23,25)/t17-/m1/s1. The highest BCUT2D eigenvalue weighted by molar-refractivity contribution is 5.95. The van der Waals surface area contributed by atoms with Crippen molar-refractivity contribution in [1.29, 1.82) is 0 Å². The van der Waals surface area contributed by atoms with Crippen LogP contribution in [-0.4, -0.2) is 38.1 Å². The molecule has 0 radical (unpaired) electrons. The molecule has 1 atom stereocenters. The molecule has 0 aliphatic carbocycles. The topological polar surface area (TPSA) is 50.8 Å². The molecule has 0 spiro atoms. The predicted octanol–water partition coefficient (Wildman–Crippen LogP) is 4.09. The van der Waals surface area contributed by atoms with Crippen molar-refractivity contribution in [3.05, 3.63) is 52.6 Å². The van der Waals surface area contributed by atoms with Crippen molar-refractivity contribution >= 4 is 11.6 Å². The molecule has 0 unspecified atom stereocenters. The molecule has 0 saturated heterocycles. The Labute approximate surface area is 162 Å². The monoisotopic (exact) mass is 370 g/mol. The fourth-order valence-electron chi connectivity index (χ4n) is 3.21. The van der Waals surface area contributed by atoms with E-state index in [9.17, 15) is 4.79 Å². The minimum atomic E-state index is -0.279. The van der Waals surface area contributed by atoms with Gasteiger partial charge in [-0.1, -0.05) is 23.8 Å². The molecule has 0 aliphatic rings. The SMILES string of the molecule is COc1ccc(CN(C)[C@H](C)C(=O)Nc2c(C)cc(C)cc2C)cc1OC. The maximum atomic E-state index is 12.8. The quantitative estimate of drug-likeness (QED) is 0.798. The minimum absolute atomic E-state index is 0.0203. The number of carbonyl (C=O) groups excluding carboxylic acids is 1. The van der Waals surface area contributed by atoms with E-state index in [0.717, 1.165) is 22.4 Å². The van der Waals surface area contributed by atoms with Gasteiger partial charge in [0.25, 0.3) is 0 Å². The number of methoxy groups -OCH3 is 2. The zero-order valence-electron chi connectivity index (χ0n) is 17.3. The molecule has 0 aliphatic heterocycles. The fourth-order valence-corrected chi connectivity index (χ4v) is 3.21. The molecule has 146 valence electrons. The zero-order chi connectivity index (χ0) is 20.1. The van der Waals surface area contributed by atoms with Crippen molar-refractivity contribution in [1.82, 2.24) is 4.90 Å². The van der Waals surface area contributed by atoms with E-state index in [1.165, 1.54) is 5.56 Å². The van der Waals surface area contributed by atoms with E-state index in [0.29, 0.717) is 18.0 Å². The largest absolute Gasteiger partial charge is 0.493 e. The number of nitrogens with zero attached hydrogens (tertiary/aromatic N) is 1. The molecule has 0 aromatic heterocycles. The van der Waals surface area contributed by atoms with Crippen LogP contribution in [-0.2, 0) is 11.3 Å². The molecule has 2 rings (SSSR count). The third-order valence-corrected chi connectivity index (χ3v) is 4.85. The van der Waals surface area contributed by atoms with Crippen molar-refractivity contribution in [3.63, 3.8) is 0 Å². The number of hydrogen-bond acceptors (Lipinski definition) is 4. The third kappa shape index (κ3) is 5.01. The van der Waals surface area contributed by atoms with E-state index in [1.807, 2.05) is 50.9 Å². The number of benzene rings is 2. The number of carbonyl (C=O) groups is 1. The maximum Gasteiger partial charge on any atom is 0.241 e. The van der Waals surface area contributed by atoms with Crippen molar-refractivity contribution < 1.29 is 14.3 Å². The summed E-state index contributed by atoms with van der Waals surface area (Å²) in [5, 5.41) is 3.09. The van der Waals surface area contributed by atoms with Crippen molar-refractivity contribution in [2.24, 2.45) is 0 Å². The first-order valence-corrected chi connectivity index (χ1v) is 9.06. The second kappa shape index (κ2) is 8.91. The lowest BCUT2D eigenvalue weighted by Crippen LogP contribution is -2.39. The normalized spacial score (nSPS) is 12.0. The van der Waals surface area contributed by atoms with Crippen LogP contribution in [0.15, 0.2) is 30.3 Å². The first kappa shape index (κ1) is 20.8. The van der Waals surface area contributed by atoms with Crippen LogP contribution in [0.4, 0.5) is 5.69 Å². The smallest absolute Gasteiger partial charge is 0.241 e. The maximum absolute atomic E-state index is 12.8. The van der Waals surface area contributed by atoms with Crippen LogP contribution in [0, 0.1) is 20.8 Å². The Balaban J connectivity index is 2.08. The first-order chi connectivity index (χ1) is 12.8. The average Bonchev–Trinajstić information content (AvgIpc) is 2.63. The van der Waals surface area contributed by atoms with Crippen molar-refractivity contribution in [2.75, 3.05) is 26.6 Å². The molecule has 0 saturated carbocycles. The summed E-state index contributed by atoms with van der Waals surface area (Å²) in [7, 11) is 5.18. The number of hydrogen-bond donors (Lipinski definition) is 1. The van der Waals surface area contributed by atoms with Crippen LogP contribution < -0.4 is 14.8 Å². The van der Waals surface area contributed by atoms with Crippen molar-refractivity contribution in [2.45, 2.75) is 40.3 Å². The summed E-state index contributed by atoms with van der Waals surface area (Å²) in [5.74, 6) is 1.36. The van der Waals surface area contributed by atoms with Crippen LogP contribution in [0.1, 0.15) is 29.2 Å². The number of likely N-dealkylation sites (N-methyl/N-ethyl adjacent to an activating group) is 1. The first-order valence-electron chi connectivity index (χ1n) is 9.06. The van der Waals surface area contributed by atoms with Gasteiger partial charge in [-0.05, 0) is 63.6 Å². The number of amides is 1. The average molecular weight is 370 g/mol. The van der Waals surface area contributed by atoms with Gasteiger partial charge in [-0.25, -0.2) is 0 Å². The van der Waals surface area contributed by atoms with Gasteiger partial charge in [-0.15, -0.1) is 0 Å². The zero-order valence-corrected chi connectivity index (χ0v) is 17.3. The van der Waals surface area contributed by atoms with Crippen LogP contribution in [0.25, 0.3) is 0 Å². The van der Waals surface area contributed by atoms with Gasteiger partial charge in [-0.2, -0.15) is 0 Å². The highest BCUT2D eigenvalue weighted by Crippen LogP contribution is 2.28. The Morgan fingerprint density at radius 2 is 1.63 bits per heavy atom. The molecule has 0 fully saturated rings. The lowest BCUT2D eigenvalue weighted by atomic mass is 10.0. The summed E-state index contributed by atoms with van der Waals surface area (Å²) in [4.78, 5) is 14.8. The van der Waals surface area contributed by atoms with E-state index in [-0.39, 0.29) is 11.9 Å². The number of ether oxygens (including phenoxy) is 2. The molecule has 1 N–H and O–H groups in total. The van der Waals surface area contributed by atoms with Gasteiger partial charge >= 0.3 is 0 Å². The van der Waals surface area contributed by atoms with Gasteiger partial charge < -0.3 is 14.8 Å². The van der Waals surface area contributed by atoms with Crippen LogP contribution in [0.5, 0.6) is 11.5 Å². The Morgan fingerprint density at radius 3 is 2.19 bits per heavy atom. The summed E-state index contributed by atoms with van der Waals surface area (Å²) in [6.45, 7) is 8.64. The van der Waals surface area contributed by atoms with Gasteiger partial charge in [0.2, 0.25) is 5.91 Å². The molecule has 5 heteroatoms. The van der Waals surface area contributed by atoms with E-state index in [4.69, 9.17) is 9.47 Å². The summed E-state index contributed by atoms with van der Waals surface area (Å²) in [5.41, 5.74) is 5.31. The summed E-state index contributed by atoms with van der Waals surface area (Å²) in [6.07, 6.45) is 0. The third-order valence-electron chi connectivity index (χ3n) is 4.85. The van der Waals surface area contributed by atoms with Gasteiger partial charge in [0.05, 0.1) is 20.3 Å². The Morgan fingerprint density at radius 1 is 1.04 bits per heavy atom. The van der Waals surface area contributed by atoms with Crippen LogP contribution in [0.3, 0.4) is 0 Å². The molecule has 0 heterocycles. The second-order valence-electron chi connectivity index (χ2n) is 7.04. The Hall–Kier alpha value is -2.53. The van der Waals surface area contributed by atoms with E-state index < -0.39 is 0 Å². The highest BCUT2D eigenvalue weighted by Gasteiger charge is 2.20. The molecule has 0 bridgehead atoms. The summed E-state index contributed by atoms with van der Waals surface area (Å²) in [6, 6.07) is 9.69. The molecule has 27 heavy (non-hydrogen) atoms. The Kier molecular flexibility index (Phi) is 6.86. The van der Waals surface area contributed by atoms with Gasteiger partial charge in [0, 0.05) is 12.2 Å². The number of nitrogens with one attached hydrogen (secondary N) is 1. The van der Waals surface area contributed by atoms with Crippen LogP contribution >= 0.6 is 0 Å². The molecular weight excluding hydrogens is 340 g/mol. The van der Waals surface area contributed by atoms with Gasteiger partial charge in [-0.3, -0.25) is 9.69 Å². The highest BCUT2D eigenvalue weighted by atomic mass is 16.5. The number of anilines is 1. The molecule has 5 nitrogen and oxygen atoms in total. The summed E-state index contributed by atoms with van der Waals surface area (Å²) < 4.78 is 10.6. The van der Waals surface area contributed by atoms with E-state index in [1.54, 1.807) is 14.2 Å². The van der Waals surface area contributed by atoms with Crippen molar-refractivity contribution in [3.8, 4) is 11.5 Å².